The molecule has 0 amide bonds. The molecule has 2 aromatic rings. The van der Waals surface area contributed by atoms with Crippen molar-refractivity contribution in [2.75, 3.05) is 0 Å². The summed E-state index contributed by atoms with van der Waals surface area (Å²) in [5.41, 5.74) is 6.38. The molecule has 0 heterocycles. The van der Waals surface area contributed by atoms with Crippen LogP contribution < -0.4 is 10.5 Å². The maximum atomic E-state index is 9.16. The van der Waals surface area contributed by atoms with E-state index < -0.39 is 0 Å². The van der Waals surface area contributed by atoms with Gasteiger partial charge in [0.1, 0.15) is 11.4 Å². The van der Waals surface area contributed by atoms with Gasteiger partial charge in [-0.25, -0.2) is 0 Å². The van der Waals surface area contributed by atoms with E-state index in [1.54, 1.807) is 36.4 Å². The Balaban J connectivity index is 2.32. The van der Waals surface area contributed by atoms with Crippen LogP contribution in [0.5, 0.6) is 5.75 Å². The van der Waals surface area contributed by atoms with Crippen molar-refractivity contribution in [2.45, 2.75) is 0 Å². The first-order chi connectivity index (χ1) is 9.20. The van der Waals surface area contributed by atoms with E-state index in [2.05, 4.69) is 0 Å². The molecule has 0 saturated heterocycles. The number of hydrogen-bond acceptors (Lipinski definition) is 2. The Morgan fingerprint density at radius 2 is 1.74 bits per heavy atom. The van der Waals surface area contributed by atoms with Crippen molar-refractivity contribution >= 4 is 23.3 Å². The Kier molecular flexibility index (Phi) is 4.01. The van der Waals surface area contributed by atoms with E-state index >= 15 is 0 Å². The lowest BCUT2D eigenvalue weighted by Gasteiger charge is -2.04. The van der Waals surface area contributed by atoms with Crippen LogP contribution in [0.2, 0.25) is 5.02 Å². The second-order valence-electron chi connectivity index (χ2n) is 3.67. The number of rotatable bonds is 2. The van der Waals surface area contributed by atoms with Gasteiger partial charge in [0.15, 0.2) is 0 Å². The minimum atomic E-state index is -0.0176. The number of halogens is 1. The molecule has 19 heavy (non-hydrogen) atoms. The molecule has 2 aromatic carbocycles. The van der Waals surface area contributed by atoms with Gasteiger partial charge in [0.25, 0.3) is 0 Å². The predicted molar refractivity (Wildman–Crippen MR) is 73.2 cm³/mol. The fourth-order valence-electron chi connectivity index (χ4n) is 1.48. The zero-order chi connectivity index (χ0) is 13.7. The fourth-order valence-corrected chi connectivity index (χ4v) is 1.61. The predicted octanol–water partition coefficient (Wildman–Crippen LogP) is 2.86. The van der Waals surface area contributed by atoms with E-state index in [-0.39, 0.29) is 6.02 Å². The Bertz CT molecular complexity index is 630. The van der Waals surface area contributed by atoms with Crippen LogP contribution >= 0.6 is 11.6 Å². The summed E-state index contributed by atoms with van der Waals surface area (Å²) in [6.45, 7) is 0. The van der Waals surface area contributed by atoms with Crippen molar-refractivity contribution in [1.82, 2.24) is 0 Å². The standard InChI is InChI=1S/C14H10ClN3O/c15-11-6-8-12(9-7-11)18(10-16)14(17)19-13-4-2-1-3-5-13/h1-9,17H/p+1. The number of para-hydroxylation sites is 1. The third-order valence-electron chi connectivity index (χ3n) is 2.37. The molecule has 0 radical (unpaired) electrons. The largest absolute Gasteiger partial charge is 0.409 e. The maximum Gasteiger partial charge on any atom is 0.409 e. The van der Waals surface area contributed by atoms with Crippen LogP contribution in [0, 0.1) is 11.5 Å². The smallest absolute Gasteiger partial charge is 0.403 e. The molecule has 0 saturated carbocycles. The molecule has 4 nitrogen and oxygen atoms in total. The summed E-state index contributed by atoms with van der Waals surface area (Å²) < 4.78 is 6.60. The number of nitriles is 1. The van der Waals surface area contributed by atoms with Crippen molar-refractivity contribution in [3.05, 3.63) is 59.6 Å². The molecule has 0 aliphatic heterocycles. The van der Waals surface area contributed by atoms with Crippen LogP contribution in [0.4, 0.5) is 5.69 Å². The van der Waals surface area contributed by atoms with Crippen LogP contribution in [-0.4, -0.2) is 10.6 Å². The minimum Gasteiger partial charge on any atom is -0.403 e. The number of nitrogens with two attached hydrogens (primary N) is 1. The van der Waals surface area contributed by atoms with E-state index in [0.717, 1.165) is 0 Å². The molecule has 0 spiro atoms. The van der Waals surface area contributed by atoms with E-state index in [1.807, 2.05) is 24.4 Å². The molecular formula is C14H11ClN3O+. The second-order valence-corrected chi connectivity index (χ2v) is 4.10. The Morgan fingerprint density at radius 1 is 1.11 bits per heavy atom. The lowest BCUT2D eigenvalue weighted by atomic mass is 10.3. The average molecular weight is 273 g/mol. The first kappa shape index (κ1) is 12.9. The summed E-state index contributed by atoms with van der Waals surface area (Å²) in [6, 6.07) is 15.7. The molecule has 0 aromatic heterocycles. The topological polar surface area (TPSA) is 62.0 Å². The third-order valence-corrected chi connectivity index (χ3v) is 2.62. The molecule has 94 valence electrons. The first-order valence-corrected chi connectivity index (χ1v) is 5.89. The van der Waals surface area contributed by atoms with Crippen molar-refractivity contribution in [1.29, 1.82) is 5.26 Å². The Hall–Kier alpha value is -2.51. The molecule has 0 bridgehead atoms. The number of amidine groups is 1. The molecule has 0 aliphatic carbocycles. The van der Waals surface area contributed by atoms with E-state index in [1.165, 1.54) is 4.58 Å². The van der Waals surface area contributed by atoms with Gasteiger partial charge in [-0.2, -0.15) is 0 Å². The second kappa shape index (κ2) is 5.89. The first-order valence-electron chi connectivity index (χ1n) is 5.51. The van der Waals surface area contributed by atoms with Gasteiger partial charge in [-0.3, -0.25) is 5.73 Å². The van der Waals surface area contributed by atoms with Gasteiger partial charge in [-0.05, 0) is 36.4 Å². The van der Waals surface area contributed by atoms with E-state index in [4.69, 9.17) is 27.3 Å². The highest BCUT2D eigenvalue weighted by Crippen LogP contribution is 2.16. The molecule has 0 aliphatic rings. The van der Waals surface area contributed by atoms with Gasteiger partial charge in [0.05, 0.1) is 0 Å². The maximum absolute atomic E-state index is 9.16. The summed E-state index contributed by atoms with van der Waals surface area (Å²) in [5.74, 6) is 0.564. The minimum absolute atomic E-state index is 0.0176. The van der Waals surface area contributed by atoms with Gasteiger partial charge in [0.2, 0.25) is 0 Å². The summed E-state index contributed by atoms with van der Waals surface area (Å²) in [4.78, 5) is 0. The molecule has 5 heteroatoms. The number of ether oxygens (including phenoxy) is 1. The highest BCUT2D eigenvalue weighted by Gasteiger charge is 2.12. The van der Waals surface area contributed by atoms with Gasteiger partial charge in [-0.1, -0.05) is 29.8 Å². The molecule has 0 fully saturated rings. The van der Waals surface area contributed by atoms with Crippen LogP contribution in [0.25, 0.3) is 0 Å². The summed E-state index contributed by atoms with van der Waals surface area (Å²) in [5, 5.41) is 9.75. The van der Waals surface area contributed by atoms with Crippen molar-refractivity contribution in [3.8, 4) is 11.9 Å². The molecule has 2 N–H and O–H groups in total. The lowest BCUT2D eigenvalue weighted by molar-refractivity contribution is -0.351. The molecular weight excluding hydrogens is 262 g/mol. The number of benzene rings is 2. The summed E-state index contributed by atoms with van der Waals surface area (Å²) >= 11 is 5.80. The van der Waals surface area contributed by atoms with Crippen molar-refractivity contribution in [3.63, 3.8) is 0 Å². The Morgan fingerprint density at radius 3 is 2.32 bits per heavy atom. The SMILES string of the molecule is N#C[N+](=C(N)Oc1ccccc1)c1ccc(Cl)cc1. The molecule has 0 unspecified atom stereocenters. The van der Waals surface area contributed by atoms with E-state index in [9.17, 15) is 0 Å². The van der Waals surface area contributed by atoms with Gasteiger partial charge >= 0.3 is 12.2 Å². The molecule has 0 atom stereocenters. The summed E-state index contributed by atoms with van der Waals surface area (Å²) in [6.07, 6.45) is 1.96. The highest BCUT2D eigenvalue weighted by atomic mass is 35.5. The Labute approximate surface area is 115 Å². The third kappa shape index (κ3) is 3.24. The van der Waals surface area contributed by atoms with Crippen LogP contribution in [-0.2, 0) is 0 Å². The normalized spacial score (nSPS) is 11.4. The monoisotopic (exact) mass is 272 g/mol. The van der Waals surface area contributed by atoms with Crippen LogP contribution in [0.1, 0.15) is 0 Å². The van der Waals surface area contributed by atoms with Gasteiger partial charge < -0.3 is 4.74 Å². The van der Waals surface area contributed by atoms with Gasteiger partial charge in [-0.15, -0.1) is 4.58 Å². The van der Waals surface area contributed by atoms with Crippen molar-refractivity contribution in [2.24, 2.45) is 5.73 Å². The average Bonchev–Trinajstić information content (AvgIpc) is 2.43. The van der Waals surface area contributed by atoms with E-state index in [0.29, 0.717) is 16.5 Å². The van der Waals surface area contributed by atoms with Crippen molar-refractivity contribution < 1.29 is 9.31 Å². The zero-order valence-corrected chi connectivity index (χ0v) is 10.7. The zero-order valence-electron chi connectivity index (χ0n) is 9.95. The van der Waals surface area contributed by atoms with Gasteiger partial charge in [0, 0.05) is 10.3 Å². The molecule has 2 rings (SSSR count). The summed E-state index contributed by atoms with van der Waals surface area (Å²) in [7, 11) is 0. The van der Waals surface area contributed by atoms with Crippen LogP contribution in [0.3, 0.4) is 0 Å². The fraction of sp³-hybridized carbons (Fsp3) is 0. The highest BCUT2D eigenvalue weighted by molar-refractivity contribution is 6.30. The van der Waals surface area contributed by atoms with Crippen LogP contribution in [0.15, 0.2) is 54.6 Å². The number of hydrogen-bond donors (Lipinski definition) is 1. The number of nitrogens with zero attached hydrogens (tertiary/aromatic N) is 2. The quantitative estimate of drug-likeness (QED) is 0.301. The lowest BCUT2D eigenvalue weighted by Crippen LogP contribution is -2.28.